The zero-order valence-corrected chi connectivity index (χ0v) is 18.5. The first kappa shape index (κ1) is 24.8. The van der Waals surface area contributed by atoms with Crippen molar-refractivity contribution in [1.29, 1.82) is 0 Å². The first-order chi connectivity index (χ1) is 14.8. The molecule has 0 saturated carbocycles. The van der Waals surface area contributed by atoms with Gasteiger partial charge in [0.05, 0.1) is 9.82 Å². The second-order valence-electron chi connectivity index (χ2n) is 7.75. The lowest BCUT2D eigenvalue weighted by molar-refractivity contribution is -0.384. The number of carbonyl (C=O) groups excluding carboxylic acids is 1. The van der Waals surface area contributed by atoms with Crippen LogP contribution in [0, 0.1) is 10.1 Å². The number of carboxylic acid groups (broad SMARTS) is 1. The van der Waals surface area contributed by atoms with Crippen LogP contribution < -0.4 is 5.32 Å². The fourth-order valence-electron chi connectivity index (χ4n) is 2.61. The molecule has 12 heteroatoms. The first-order valence-corrected chi connectivity index (χ1v) is 10.8. The van der Waals surface area contributed by atoms with Crippen LogP contribution in [0.15, 0.2) is 53.4 Å². The van der Waals surface area contributed by atoms with Gasteiger partial charge in [0.25, 0.3) is 5.69 Å². The topological polar surface area (TPSA) is 156 Å². The van der Waals surface area contributed by atoms with Gasteiger partial charge in [-0.2, -0.15) is 4.31 Å². The zero-order chi connectivity index (χ0) is 24.1. The zero-order valence-electron chi connectivity index (χ0n) is 17.6. The highest BCUT2D eigenvalue weighted by Crippen LogP contribution is 2.23. The molecule has 0 unspecified atom stereocenters. The highest BCUT2D eigenvalue weighted by Gasteiger charge is 2.27. The number of nitrogens with one attached hydrogen (secondary N) is 1. The number of non-ortho nitro benzene ring substituents is 1. The number of rotatable bonds is 8. The van der Waals surface area contributed by atoms with Gasteiger partial charge in [-0.3, -0.25) is 20.2 Å². The third kappa shape index (κ3) is 7.03. The van der Waals surface area contributed by atoms with Gasteiger partial charge in [0, 0.05) is 24.4 Å². The second kappa shape index (κ2) is 9.75. The van der Waals surface area contributed by atoms with E-state index in [-0.39, 0.29) is 22.8 Å². The maximum Gasteiger partial charge on any atom is 0.412 e. The lowest BCUT2D eigenvalue weighted by Gasteiger charge is -2.21. The van der Waals surface area contributed by atoms with Crippen molar-refractivity contribution in [3.8, 4) is 0 Å². The average molecular weight is 465 g/mol. The number of benzene rings is 2. The average Bonchev–Trinajstić information content (AvgIpc) is 2.66. The minimum absolute atomic E-state index is 0.144. The summed E-state index contributed by atoms with van der Waals surface area (Å²) in [6.07, 6.45) is -0.777. The Morgan fingerprint density at radius 1 is 1.16 bits per heavy atom. The fraction of sp³-hybridized carbons (Fsp3) is 0.300. The Balaban J connectivity index is 2.30. The van der Waals surface area contributed by atoms with Gasteiger partial charge in [-0.25, -0.2) is 13.2 Å². The molecule has 2 aromatic carbocycles. The van der Waals surface area contributed by atoms with E-state index < -0.39 is 39.2 Å². The lowest BCUT2D eigenvalue weighted by atomic mass is 10.2. The van der Waals surface area contributed by atoms with Gasteiger partial charge < -0.3 is 9.84 Å². The van der Waals surface area contributed by atoms with Crippen molar-refractivity contribution < 1.29 is 32.8 Å². The van der Waals surface area contributed by atoms with Crippen molar-refractivity contribution in [2.24, 2.45) is 0 Å². The highest BCUT2D eigenvalue weighted by molar-refractivity contribution is 7.89. The monoisotopic (exact) mass is 465 g/mol. The van der Waals surface area contributed by atoms with Crippen LogP contribution in [0.2, 0.25) is 0 Å². The molecule has 0 aromatic heterocycles. The van der Waals surface area contributed by atoms with E-state index in [9.17, 15) is 33.2 Å². The Morgan fingerprint density at radius 3 is 2.31 bits per heavy atom. The Hall–Kier alpha value is -3.51. The third-order valence-electron chi connectivity index (χ3n) is 3.93. The Labute approximate surface area is 184 Å². The fourth-order valence-corrected chi connectivity index (χ4v) is 4.03. The van der Waals surface area contributed by atoms with Crippen LogP contribution in [-0.2, 0) is 26.1 Å². The second-order valence-corrected chi connectivity index (χ2v) is 9.68. The molecule has 2 rings (SSSR count). The van der Waals surface area contributed by atoms with Crippen LogP contribution in [0.4, 0.5) is 16.2 Å². The molecule has 0 fully saturated rings. The van der Waals surface area contributed by atoms with Gasteiger partial charge in [-0.05, 0) is 44.5 Å². The number of hydrogen-bond donors (Lipinski definition) is 2. The molecule has 2 aromatic rings. The van der Waals surface area contributed by atoms with Crippen molar-refractivity contribution in [2.45, 2.75) is 37.8 Å². The van der Waals surface area contributed by atoms with Crippen LogP contribution in [0.1, 0.15) is 26.3 Å². The van der Waals surface area contributed by atoms with Gasteiger partial charge in [-0.1, -0.05) is 18.2 Å². The molecular weight excluding hydrogens is 442 g/mol. The molecule has 0 atom stereocenters. The summed E-state index contributed by atoms with van der Waals surface area (Å²) in [5.41, 5.74) is -0.423. The van der Waals surface area contributed by atoms with E-state index >= 15 is 0 Å². The smallest absolute Gasteiger partial charge is 0.412 e. The number of nitro groups is 1. The van der Waals surface area contributed by atoms with E-state index in [0.29, 0.717) is 5.56 Å². The van der Waals surface area contributed by atoms with Crippen LogP contribution in [0.25, 0.3) is 0 Å². The van der Waals surface area contributed by atoms with E-state index in [2.05, 4.69) is 5.32 Å². The maximum absolute atomic E-state index is 13.1. The maximum atomic E-state index is 13.1. The van der Waals surface area contributed by atoms with Crippen LogP contribution in [0.3, 0.4) is 0 Å². The molecule has 0 radical (unpaired) electrons. The summed E-state index contributed by atoms with van der Waals surface area (Å²) in [7, 11) is -4.29. The largest absolute Gasteiger partial charge is 0.480 e. The predicted octanol–water partition coefficient (Wildman–Crippen LogP) is 3.22. The van der Waals surface area contributed by atoms with Crippen LogP contribution in [-0.4, -0.2) is 47.0 Å². The molecular formula is C20H23N3O8S. The molecule has 0 aliphatic heterocycles. The summed E-state index contributed by atoms with van der Waals surface area (Å²) in [4.78, 5) is 33.2. The van der Waals surface area contributed by atoms with Crippen molar-refractivity contribution in [3.05, 3.63) is 64.2 Å². The summed E-state index contributed by atoms with van der Waals surface area (Å²) in [5, 5.41) is 22.4. The summed E-state index contributed by atoms with van der Waals surface area (Å²) >= 11 is 0. The Bertz CT molecular complexity index is 1110. The van der Waals surface area contributed by atoms with Crippen molar-refractivity contribution >= 4 is 33.5 Å². The number of hydrogen-bond acceptors (Lipinski definition) is 7. The van der Waals surface area contributed by atoms with Gasteiger partial charge in [-0.15, -0.1) is 0 Å². The number of sulfonamides is 1. The summed E-state index contributed by atoms with van der Waals surface area (Å²) < 4.78 is 32.1. The van der Waals surface area contributed by atoms with E-state index in [1.165, 1.54) is 48.5 Å². The van der Waals surface area contributed by atoms with Crippen molar-refractivity contribution in [2.75, 3.05) is 11.9 Å². The molecule has 2 N–H and O–H groups in total. The van der Waals surface area contributed by atoms with E-state index in [0.717, 1.165) is 4.31 Å². The highest BCUT2D eigenvalue weighted by atomic mass is 32.2. The number of nitrogens with zero attached hydrogens (tertiary/aromatic N) is 2. The summed E-state index contributed by atoms with van der Waals surface area (Å²) in [6.45, 7) is 3.87. The summed E-state index contributed by atoms with van der Waals surface area (Å²) in [6, 6.07) is 10.4. The van der Waals surface area contributed by atoms with Crippen molar-refractivity contribution in [3.63, 3.8) is 0 Å². The third-order valence-corrected chi connectivity index (χ3v) is 5.72. The molecule has 0 saturated heterocycles. The quantitative estimate of drug-likeness (QED) is 0.444. The number of aliphatic carboxylic acids is 1. The number of amides is 1. The molecule has 32 heavy (non-hydrogen) atoms. The van der Waals surface area contributed by atoms with Crippen LogP contribution >= 0.6 is 0 Å². The number of ether oxygens (including phenoxy) is 1. The van der Waals surface area contributed by atoms with Crippen LogP contribution in [0.5, 0.6) is 0 Å². The SMILES string of the molecule is CC(C)(C)OC(=O)Nc1cccc(S(=O)(=O)N(CC(=O)O)Cc2ccc([N+](=O)[O-])cc2)c1. The van der Waals surface area contributed by atoms with Gasteiger partial charge in [0.15, 0.2) is 0 Å². The summed E-state index contributed by atoms with van der Waals surface area (Å²) in [5.74, 6) is -1.38. The first-order valence-electron chi connectivity index (χ1n) is 9.33. The number of carboxylic acids is 1. The van der Waals surface area contributed by atoms with E-state index in [4.69, 9.17) is 4.74 Å². The molecule has 0 heterocycles. The molecule has 1 amide bonds. The Morgan fingerprint density at radius 2 is 1.78 bits per heavy atom. The van der Waals surface area contributed by atoms with Gasteiger partial charge >= 0.3 is 12.1 Å². The Kier molecular flexibility index (Phi) is 7.54. The number of nitro benzene ring substituents is 1. The van der Waals surface area contributed by atoms with Crippen molar-refractivity contribution in [1.82, 2.24) is 4.31 Å². The molecule has 172 valence electrons. The minimum Gasteiger partial charge on any atom is -0.480 e. The molecule has 0 spiro atoms. The number of anilines is 1. The van der Waals surface area contributed by atoms with E-state index in [1.807, 2.05) is 0 Å². The molecule has 11 nitrogen and oxygen atoms in total. The molecule has 0 aliphatic carbocycles. The minimum atomic E-state index is -4.29. The van der Waals surface area contributed by atoms with Gasteiger partial charge in [0.2, 0.25) is 10.0 Å². The standard InChI is InChI=1S/C20H23N3O8S/c1-20(2,3)31-19(26)21-15-5-4-6-17(11-15)32(29,30)22(13-18(24)25)12-14-7-9-16(10-8-14)23(27)28/h4-11H,12-13H2,1-3H3,(H,21,26)(H,24,25). The lowest BCUT2D eigenvalue weighted by Crippen LogP contribution is -2.35. The molecule has 0 bridgehead atoms. The van der Waals surface area contributed by atoms with Gasteiger partial charge in [0.1, 0.15) is 12.1 Å². The predicted molar refractivity (Wildman–Crippen MR) is 115 cm³/mol. The number of carbonyl (C=O) groups is 2. The molecule has 0 aliphatic rings. The van der Waals surface area contributed by atoms with E-state index in [1.54, 1.807) is 20.8 Å². The normalized spacial score (nSPS) is 11.8.